The van der Waals surface area contributed by atoms with Gasteiger partial charge < -0.3 is 20.4 Å². The summed E-state index contributed by atoms with van der Waals surface area (Å²) in [6.07, 6.45) is -0.438. The van der Waals surface area contributed by atoms with Crippen LogP contribution in [-0.2, 0) is 19.5 Å². The van der Waals surface area contributed by atoms with Crippen molar-refractivity contribution in [2.24, 2.45) is 10.7 Å². The number of aryl methyl sites for hydroxylation is 2. The predicted molar refractivity (Wildman–Crippen MR) is 120 cm³/mol. The lowest BCUT2D eigenvalue weighted by Gasteiger charge is -2.14. The molecule has 6 nitrogen and oxygen atoms in total. The Labute approximate surface area is 189 Å². The summed E-state index contributed by atoms with van der Waals surface area (Å²) < 4.78 is 43.5. The van der Waals surface area contributed by atoms with E-state index in [1.807, 2.05) is 29.0 Å². The lowest BCUT2D eigenvalue weighted by atomic mass is 10.1. The molecule has 0 amide bonds. The Kier molecular flexibility index (Phi) is 8.51. The highest BCUT2D eigenvalue weighted by Crippen LogP contribution is 2.29. The Bertz CT molecular complexity index is 960. The van der Waals surface area contributed by atoms with Crippen molar-refractivity contribution in [2.75, 3.05) is 5.32 Å². The summed E-state index contributed by atoms with van der Waals surface area (Å²) in [5.74, 6) is 0.272. The summed E-state index contributed by atoms with van der Waals surface area (Å²) in [7, 11) is 0. The average molecular weight is 531 g/mol. The number of aromatic nitrogens is 2. The Hall–Kier alpha value is -2.76. The number of nitrogens with two attached hydrogens (primary N) is 1. The maximum Gasteiger partial charge on any atom is 0.573 e. The molecule has 0 fully saturated rings. The monoisotopic (exact) mass is 531 g/mol. The lowest BCUT2D eigenvalue weighted by Crippen LogP contribution is -2.24. The second-order valence-corrected chi connectivity index (χ2v) is 6.14. The van der Waals surface area contributed by atoms with Gasteiger partial charge in [0, 0.05) is 18.9 Å². The number of nitrogens with zero attached hydrogens (tertiary/aromatic N) is 3. The molecule has 3 N–H and O–H groups in total. The number of benzene rings is 2. The molecule has 10 heteroatoms. The van der Waals surface area contributed by atoms with Crippen LogP contribution < -0.4 is 15.8 Å². The highest BCUT2D eigenvalue weighted by atomic mass is 127. The van der Waals surface area contributed by atoms with E-state index in [0.29, 0.717) is 5.82 Å². The molecule has 1 heterocycles. The summed E-state index contributed by atoms with van der Waals surface area (Å²) in [6, 6.07) is 15.7. The van der Waals surface area contributed by atoms with E-state index >= 15 is 0 Å². The van der Waals surface area contributed by atoms with Gasteiger partial charge >= 0.3 is 6.36 Å². The van der Waals surface area contributed by atoms with E-state index < -0.39 is 6.36 Å². The number of guanidine groups is 1. The minimum atomic E-state index is -4.80. The van der Waals surface area contributed by atoms with E-state index in [0.717, 1.165) is 13.0 Å². The number of halogens is 4. The highest BCUT2D eigenvalue weighted by molar-refractivity contribution is 14.0. The van der Waals surface area contributed by atoms with Gasteiger partial charge in [-0.3, -0.25) is 0 Å². The molecule has 30 heavy (non-hydrogen) atoms. The van der Waals surface area contributed by atoms with Gasteiger partial charge in [0.15, 0.2) is 11.7 Å². The van der Waals surface area contributed by atoms with E-state index in [1.165, 1.54) is 23.8 Å². The summed E-state index contributed by atoms with van der Waals surface area (Å²) in [5, 5.41) is 2.64. The Morgan fingerprint density at radius 3 is 2.53 bits per heavy atom. The highest BCUT2D eigenvalue weighted by Gasteiger charge is 2.32. The molecule has 0 saturated carbocycles. The third-order valence-corrected chi connectivity index (χ3v) is 4.05. The van der Waals surface area contributed by atoms with Gasteiger partial charge in [-0.25, -0.2) is 9.98 Å². The van der Waals surface area contributed by atoms with Gasteiger partial charge in [0.2, 0.25) is 0 Å². The van der Waals surface area contributed by atoms with E-state index in [4.69, 9.17) is 5.73 Å². The van der Waals surface area contributed by atoms with Crippen molar-refractivity contribution in [1.82, 2.24) is 9.55 Å². The van der Waals surface area contributed by atoms with Crippen LogP contribution in [0.4, 0.5) is 18.9 Å². The van der Waals surface area contributed by atoms with Gasteiger partial charge in [0.05, 0.1) is 5.69 Å². The number of nitrogens with one attached hydrogen (secondary N) is 1. The average Bonchev–Trinajstić information content (AvgIpc) is 3.13. The molecule has 0 bridgehead atoms. The van der Waals surface area contributed by atoms with Gasteiger partial charge in [0.1, 0.15) is 12.4 Å². The Morgan fingerprint density at radius 2 is 1.80 bits per heavy atom. The van der Waals surface area contributed by atoms with E-state index in [2.05, 4.69) is 32.2 Å². The molecule has 1 aromatic heterocycles. The van der Waals surface area contributed by atoms with Crippen LogP contribution in [0.15, 0.2) is 72.0 Å². The maximum absolute atomic E-state index is 12.5. The molecule has 0 aliphatic carbocycles. The number of para-hydroxylation sites is 2. The van der Waals surface area contributed by atoms with Gasteiger partial charge in [0.25, 0.3) is 0 Å². The lowest BCUT2D eigenvalue weighted by molar-refractivity contribution is -0.274. The number of imidazole rings is 1. The molecule has 0 unspecified atom stereocenters. The molecule has 3 rings (SSSR count). The quantitative estimate of drug-likeness (QED) is 0.266. The standard InChI is InChI=1S/C20H20F3N5O.HI/c21-20(22,23)29-17-9-5-4-8-16(17)27-19(24)26-14-18-25-11-13-28(18)12-10-15-6-2-1-3-7-15;/h1-9,11,13H,10,12,14H2,(H3,24,26,27);1H. The second kappa shape index (κ2) is 10.9. The van der Waals surface area contributed by atoms with Crippen LogP contribution in [0.2, 0.25) is 0 Å². The third-order valence-electron chi connectivity index (χ3n) is 4.05. The number of rotatable bonds is 7. The van der Waals surface area contributed by atoms with Gasteiger partial charge in [-0.2, -0.15) is 0 Å². The number of alkyl halides is 3. The van der Waals surface area contributed by atoms with Crippen LogP contribution in [0.5, 0.6) is 5.75 Å². The molecule has 2 aromatic carbocycles. The van der Waals surface area contributed by atoms with Gasteiger partial charge in [-0.05, 0) is 24.1 Å². The topological polar surface area (TPSA) is 77.5 Å². The number of ether oxygens (including phenoxy) is 1. The predicted octanol–water partition coefficient (Wildman–Crippen LogP) is 4.57. The second-order valence-electron chi connectivity index (χ2n) is 6.14. The van der Waals surface area contributed by atoms with Crippen LogP contribution >= 0.6 is 24.0 Å². The van der Waals surface area contributed by atoms with Crippen molar-refractivity contribution in [2.45, 2.75) is 25.9 Å². The molecule has 0 spiro atoms. The molecule has 0 aliphatic heterocycles. The Morgan fingerprint density at radius 1 is 1.10 bits per heavy atom. The smallest absolute Gasteiger partial charge is 0.404 e. The largest absolute Gasteiger partial charge is 0.573 e. The minimum absolute atomic E-state index is 0. The van der Waals surface area contributed by atoms with Crippen molar-refractivity contribution in [1.29, 1.82) is 0 Å². The SMILES string of the molecule is I.NC(=NCc1nccn1CCc1ccccc1)Nc1ccccc1OC(F)(F)F. The van der Waals surface area contributed by atoms with E-state index in [-0.39, 0.29) is 47.9 Å². The maximum atomic E-state index is 12.5. The fourth-order valence-corrected chi connectivity index (χ4v) is 2.71. The summed E-state index contributed by atoms with van der Waals surface area (Å²) in [4.78, 5) is 8.45. The molecular formula is C20H21F3IN5O. The van der Waals surface area contributed by atoms with Crippen LogP contribution in [0, 0.1) is 0 Å². The number of hydrogen-bond acceptors (Lipinski definition) is 3. The van der Waals surface area contributed by atoms with Crippen LogP contribution in [0.1, 0.15) is 11.4 Å². The zero-order valence-electron chi connectivity index (χ0n) is 15.8. The van der Waals surface area contributed by atoms with Crippen LogP contribution in [0.25, 0.3) is 0 Å². The fraction of sp³-hybridized carbons (Fsp3) is 0.200. The Balaban J connectivity index is 0.00000320. The van der Waals surface area contributed by atoms with Crippen molar-refractivity contribution in [3.05, 3.63) is 78.4 Å². The van der Waals surface area contributed by atoms with Crippen molar-refractivity contribution < 1.29 is 17.9 Å². The normalized spacial score (nSPS) is 11.6. The third kappa shape index (κ3) is 7.25. The van der Waals surface area contributed by atoms with Crippen molar-refractivity contribution >= 4 is 35.6 Å². The number of aliphatic imine (C=N–C) groups is 1. The van der Waals surface area contributed by atoms with Crippen LogP contribution in [-0.4, -0.2) is 21.9 Å². The molecule has 0 atom stereocenters. The zero-order valence-corrected chi connectivity index (χ0v) is 18.2. The summed E-state index contributed by atoms with van der Waals surface area (Å²) in [5.41, 5.74) is 7.11. The van der Waals surface area contributed by atoms with E-state index in [9.17, 15) is 13.2 Å². The fourth-order valence-electron chi connectivity index (χ4n) is 2.71. The van der Waals surface area contributed by atoms with Gasteiger partial charge in [-0.1, -0.05) is 42.5 Å². The van der Waals surface area contributed by atoms with Crippen molar-refractivity contribution in [3.8, 4) is 5.75 Å². The first kappa shape index (κ1) is 23.5. The minimum Gasteiger partial charge on any atom is -0.404 e. The molecular weight excluding hydrogens is 510 g/mol. The molecule has 160 valence electrons. The zero-order chi connectivity index (χ0) is 20.7. The molecule has 0 radical (unpaired) electrons. The van der Waals surface area contributed by atoms with Crippen LogP contribution in [0.3, 0.4) is 0 Å². The number of hydrogen-bond donors (Lipinski definition) is 2. The molecule has 0 aliphatic rings. The summed E-state index contributed by atoms with van der Waals surface area (Å²) in [6.45, 7) is 0.910. The first-order valence-corrected chi connectivity index (χ1v) is 8.86. The molecule has 0 saturated heterocycles. The first-order valence-electron chi connectivity index (χ1n) is 8.86. The van der Waals surface area contributed by atoms with E-state index in [1.54, 1.807) is 12.3 Å². The molecule has 3 aromatic rings. The first-order chi connectivity index (χ1) is 13.9. The van der Waals surface area contributed by atoms with Gasteiger partial charge in [-0.15, -0.1) is 37.1 Å². The summed E-state index contributed by atoms with van der Waals surface area (Å²) >= 11 is 0. The van der Waals surface area contributed by atoms with Crippen molar-refractivity contribution in [3.63, 3.8) is 0 Å². The number of anilines is 1.